The van der Waals surface area contributed by atoms with Crippen LogP contribution in [0.15, 0.2) is 48.7 Å². The van der Waals surface area contributed by atoms with Gasteiger partial charge in [0, 0.05) is 23.6 Å². The Balaban J connectivity index is 1.43. The molecule has 0 amide bonds. The van der Waals surface area contributed by atoms with Gasteiger partial charge >= 0.3 is 5.97 Å². The lowest BCUT2D eigenvalue weighted by Crippen LogP contribution is -2.32. The maximum absolute atomic E-state index is 11.1. The molecule has 1 aliphatic rings. The first-order valence-electron chi connectivity index (χ1n) is 9.33. The maximum Gasteiger partial charge on any atom is 0.335 e. The molecule has 27 heavy (non-hydrogen) atoms. The number of likely N-dealkylation sites (tertiary alicyclic amines) is 1. The highest BCUT2D eigenvalue weighted by Gasteiger charge is 2.23. The number of piperidine rings is 1. The topological polar surface area (TPSA) is 65.6 Å². The molecule has 1 aromatic heterocycles. The van der Waals surface area contributed by atoms with Crippen molar-refractivity contribution in [3.63, 3.8) is 0 Å². The number of aromatic amines is 1. The van der Waals surface area contributed by atoms with E-state index in [-0.39, 0.29) is 0 Å². The highest BCUT2D eigenvalue weighted by atomic mass is 16.5. The Labute approximate surface area is 158 Å². The van der Waals surface area contributed by atoms with E-state index in [4.69, 9.17) is 9.84 Å². The number of methoxy groups -OCH3 is 1. The van der Waals surface area contributed by atoms with E-state index in [1.807, 2.05) is 18.2 Å². The molecule has 0 unspecified atom stereocenters. The van der Waals surface area contributed by atoms with Gasteiger partial charge < -0.3 is 14.8 Å². The zero-order chi connectivity index (χ0) is 18.8. The van der Waals surface area contributed by atoms with Gasteiger partial charge in [-0.05, 0) is 73.3 Å². The van der Waals surface area contributed by atoms with Gasteiger partial charge in [0.1, 0.15) is 5.75 Å². The van der Waals surface area contributed by atoms with Crippen molar-refractivity contribution >= 4 is 16.9 Å². The maximum atomic E-state index is 11.1. The van der Waals surface area contributed by atoms with Crippen LogP contribution in [0.4, 0.5) is 0 Å². The molecule has 2 N–H and O–H groups in total. The number of aromatic nitrogens is 1. The minimum Gasteiger partial charge on any atom is -0.497 e. The number of fused-ring (bicyclic) bond motifs is 1. The van der Waals surface area contributed by atoms with Crippen LogP contribution in [0.3, 0.4) is 0 Å². The number of ether oxygens (including phenoxy) is 1. The number of hydrogen-bond donors (Lipinski definition) is 2. The van der Waals surface area contributed by atoms with Crippen LogP contribution < -0.4 is 4.74 Å². The van der Waals surface area contributed by atoms with Crippen LogP contribution in [0.1, 0.15) is 40.2 Å². The standard InChI is InChI=1S/C22H24N2O3/c1-27-18-5-6-21-19(12-18)20(13-23-21)16-7-9-24(10-8-16)14-15-3-2-4-17(11-15)22(25)26/h2-6,11-13,16,23H,7-10,14H2,1H3,(H,25,26). The Hall–Kier alpha value is -2.79. The fraction of sp³-hybridized carbons (Fsp3) is 0.318. The van der Waals surface area contributed by atoms with Crippen LogP contribution >= 0.6 is 0 Å². The Bertz CT molecular complexity index is 955. The van der Waals surface area contributed by atoms with E-state index in [1.54, 1.807) is 19.2 Å². The molecule has 0 bridgehead atoms. The molecular formula is C22H24N2O3. The molecule has 2 heterocycles. The lowest BCUT2D eigenvalue weighted by atomic mass is 9.89. The zero-order valence-electron chi connectivity index (χ0n) is 15.4. The van der Waals surface area contributed by atoms with E-state index in [0.29, 0.717) is 11.5 Å². The number of carbonyl (C=O) groups is 1. The van der Waals surface area contributed by atoms with Crippen molar-refractivity contribution in [2.45, 2.75) is 25.3 Å². The van der Waals surface area contributed by atoms with Crippen molar-refractivity contribution in [1.82, 2.24) is 9.88 Å². The summed E-state index contributed by atoms with van der Waals surface area (Å²) in [6.45, 7) is 2.83. The van der Waals surface area contributed by atoms with Gasteiger partial charge in [-0.1, -0.05) is 12.1 Å². The average molecular weight is 364 g/mol. The molecule has 5 nitrogen and oxygen atoms in total. The number of carboxylic acid groups (broad SMARTS) is 1. The normalized spacial score (nSPS) is 15.9. The summed E-state index contributed by atoms with van der Waals surface area (Å²) < 4.78 is 5.38. The summed E-state index contributed by atoms with van der Waals surface area (Å²) in [7, 11) is 1.70. The summed E-state index contributed by atoms with van der Waals surface area (Å²) in [5, 5.41) is 10.4. The van der Waals surface area contributed by atoms with Crippen molar-refractivity contribution in [3.05, 3.63) is 65.4 Å². The minimum absolute atomic E-state index is 0.357. The number of aromatic carboxylic acids is 1. The van der Waals surface area contributed by atoms with Gasteiger partial charge in [-0.2, -0.15) is 0 Å². The van der Waals surface area contributed by atoms with E-state index in [2.05, 4.69) is 28.2 Å². The first-order valence-corrected chi connectivity index (χ1v) is 9.33. The number of benzene rings is 2. The SMILES string of the molecule is COc1ccc2[nH]cc(C3CCN(Cc4cccc(C(=O)O)c4)CC3)c2c1. The monoisotopic (exact) mass is 364 g/mol. The Kier molecular flexibility index (Phi) is 4.86. The minimum atomic E-state index is -0.870. The number of rotatable bonds is 5. The summed E-state index contributed by atoms with van der Waals surface area (Å²) >= 11 is 0. The number of hydrogen-bond acceptors (Lipinski definition) is 3. The molecule has 0 atom stereocenters. The van der Waals surface area contributed by atoms with Crippen LogP contribution in [0, 0.1) is 0 Å². The fourth-order valence-corrected chi connectivity index (χ4v) is 4.05. The third-order valence-electron chi connectivity index (χ3n) is 5.53. The molecule has 3 aromatic rings. The summed E-state index contributed by atoms with van der Waals surface area (Å²) in [4.78, 5) is 16.9. The molecular weight excluding hydrogens is 340 g/mol. The van der Waals surface area contributed by atoms with Crippen molar-refractivity contribution in [3.8, 4) is 5.75 Å². The first-order chi connectivity index (χ1) is 13.1. The number of nitrogens with one attached hydrogen (secondary N) is 1. The van der Waals surface area contributed by atoms with Gasteiger partial charge in [0.25, 0.3) is 0 Å². The highest BCUT2D eigenvalue weighted by molar-refractivity contribution is 5.87. The molecule has 0 spiro atoms. The Morgan fingerprint density at radius 1 is 1.22 bits per heavy atom. The zero-order valence-corrected chi connectivity index (χ0v) is 15.4. The number of H-pyrrole nitrogens is 1. The van der Waals surface area contributed by atoms with Gasteiger partial charge in [0.15, 0.2) is 0 Å². The molecule has 1 fully saturated rings. The lowest BCUT2D eigenvalue weighted by molar-refractivity contribution is 0.0696. The van der Waals surface area contributed by atoms with Gasteiger partial charge in [-0.15, -0.1) is 0 Å². The number of nitrogens with zero attached hydrogens (tertiary/aromatic N) is 1. The molecule has 0 radical (unpaired) electrons. The van der Waals surface area contributed by atoms with Gasteiger partial charge in [-0.3, -0.25) is 4.90 Å². The molecule has 0 saturated carbocycles. The first kappa shape index (κ1) is 17.6. The van der Waals surface area contributed by atoms with Crippen LogP contribution in [0.2, 0.25) is 0 Å². The third kappa shape index (κ3) is 3.69. The average Bonchev–Trinajstić information content (AvgIpc) is 3.12. The molecule has 140 valence electrons. The highest BCUT2D eigenvalue weighted by Crippen LogP contribution is 2.35. The van der Waals surface area contributed by atoms with E-state index in [0.717, 1.165) is 49.3 Å². The van der Waals surface area contributed by atoms with Gasteiger partial charge in [-0.25, -0.2) is 4.79 Å². The van der Waals surface area contributed by atoms with E-state index in [1.165, 1.54) is 10.9 Å². The molecule has 1 saturated heterocycles. The molecule has 0 aliphatic carbocycles. The van der Waals surface area contributed by atoms with E-state index in [9.17, 15) is 4.79 Å². The predicted molar refractivity (Wildman–Crippen MR) is 106 cm³/mol. The summed E-state index contributed by atoms with van der Waals surface area (Å²) in [5.74, 6) is 0.553. The lowest BCUT2D eigenvalue weighted by Gasteiger charge is -2.32. The summed E-state index contributed by atoms with van der Waals surface area (Å²) in [6.07, 6.45) is 4.34. The number of carboxylic acids is 1. The fourth-order valence-electron chi connectivity index (χ4n) is 4.05. The van der Waals surface area contributed by atoms with Crippen LogP contribution in [-0.4, -0.2) is 41.2 Å². The van der Waals surface area contributed by atoms with Crippen molar-refractivity contribution < 1.29 is 14.6 Å². The van der Waals surface area contributed by atoms with Crippen LogP contribution in [0.25, 0.3) is 10.9 Å². The second kappa shape index (κ2) is 7.45. The van der Waals surface area contributed by atoms with Crippen LogP contribution in [0.5, 0.6) is 5.75 Å². The second-order valence-corrected chi connectivity index (χ2v) is 7.21. The molecule has 5 heteroatoms. The smallest absolute Gasteiger partial charge is 0.335 e. The van der Waals surface area contributed by atoms with Gasteiger partial charge in [0.2, 0.25) is 0 Å². The van der Waals surface area contributed by atoms with Crippen LogP contribution in [-0.2, 0) is 6.54 Å². The summed E-state index contributed by atoms with van der Waals surface area (Å²) in [5.41, 5.74) is 3.94. The van der Waals surface area contributed by atoms with Crippen molar-refractivity contribution in [2.75, 3.05) is 20.2 Å². The van der Waals surface area contributed by atoms with Crippen molar-refractivity contribution in [1.29, 1.82) is 0 Å². The largest absolute Gasteiger partial charge is 0.497 e. The Morgan fingerprint density at radius 2 is 2.04 bits per heavy atom. The second-order valence-electron chi connectivity index (χ2n) is 7.21. The predicted octanol–water partition coefficient (Wildman–Crippen LogP) is 4.25. The van der Waals surface area contributed by atoms with Crippen molar-refractivity contribution in [2.24, 2.45) is 0 Å². The Morgan fingerprint density at radius 3 is 2.78 bits per heavy atom. The molecule has 2 aromatic carbocycles. The molecule has 1 aliphatic heterocycles. The van der Waals surface area contributed by atoms with E-state index >= 15 is 0 Å². The quantitative estimate of drug-likeness (QED) is 0.710. The third-order valence-corrected chi connectivity index (χ3v) is 5.53. The molecule has 4 rings (SSSR count). The summed E-state index contributed by atoms with van der Waals surface area (Å²) in [6, 6.07) is 13.4. The van der Waals surface area contributed by atoms with E-state index < -0.39 is 5.97 Å². The van der Waals surface area contributed by atoms with Gasteiger partial charge in [0.05, 0.1) is 12.7 Å².